The lowest BCUT2D eigenvalue weighted by Crippen LogP contribution is -2.03. The lowest BCUT2D eigenvalue weighted by atomic mass is 10.1. The Morgan fingerprint density at radius 2 is 2.00 bits per heavy atom. The summed E-state index contributed by atoms with van der Waals surface area (Å²) in [5, 5.41) is 0.338. The Morgan fingerprint density at radius 3 is 2.50 bits per heavy atom. The van der Waals surface area contributed by atoms with Crippen molar-refractivity contribution in [1.29, 1.82) is 0 Å². The number of rotatable bonds is 2. The Labute approximate surface area is 86.6 Å². The maximum absolute atomic E-state index is 11.1. The number of ether oxygens (including phenoxy) is 1. The second-order valence-corrected chi connectivity index (χ2v) is 3.15. The van der Waals surface area contributed by atoms with E-state index in [4.69, 9.17) is 11.6 Å². The van der Waals surface area contributed by atoms with Crippen LogP contribution in [0.4, 0.5) is 0 Å². The molecule has 74 valence electrons. The summed E-state index contributed by atoms with van der Waals surface area (Å²) in [5.41, 5.74) is 0.650. The number of carbonyl (C=O) groups is 2. The van der Waals surface area contributed by atoms with Crippen LogP contribution in [0.5, 0.6) is 0 Å². The molecular weight excluding hydrogens is 204 g/mol. The Morgan fingerprint density at radius 1 is 1.36 bits per heavy atom. The van der Waals surface area contributed by atoms with Crippen LogP contribution in [0.25, 0.3) is 0 Å². The summed E-state index contributed by atoms with van der Waals surface area (Å²) in [5.74, 6) is -0.662. The molecule has 0 radical (unpaired) electrons. The van der Waals surface area contributed by atoms with Crippen LogP contribution < -0.4 is 0 Å². The number of hydrogen-bond donors (Lipinski definition) is 0. The van der Waals surface area contributed by atoms with Crippen LogP contribution in [0, 0.1) is 0 Å². The first-order valence-electron chi connectivity index (χ1n) is 3.95. The van der Waals surface area contributed by atoms with E-state index < -0.39 is 5.97 Å². The third kappa shape index (κ3) is 2.12. The topological polar surface area (TPSA) is 43.4 Å². The third-order valence-corrected chi connectivity index (χ3v) is 2.10. The lowest BCUT2D eigenvalue weighted by Gasteiger charge is -2.03. The number of Topliss-reactive ketones (excluding diaryl/α,β-unsaturated/α-hetero) is 1. The number of halogens is 1. The zero-order valence-electron chi connectivity index (χ0n) is 7.83. The minimum atomic E-state index is -0.482. The van der Waals surface area contributed by atoms with Crippen molar-refractivity contribution in [3.05, 3.63) is 34.3 Å². The van der Waals surface area contributed by atoms with Crippen molar-refractivity contribution < 1.29 is 14.3 Å². The van der Waals surface area contributed by atoms with E-state index in [1.54, 1.807) is 0 Å². The summed E-state index contributed by atoms with van der Waals surface area (Å²) in [4.78, 5) is 22.2. The molecule has 0 aliphatic carbocycles. The normalized spacial score (nSPS) is 9.64. The van der Waals surface area contributed by atoms with E-state index >= 15 is 0 Å². The molecule has 0 fully saturated rings. The van der Waals surface area contributed by atoms with Gasteiger partial charge in [0.2, 0.25) is 0 Å². The average Bonchev–Trinajstić information content (AvgIpc) is 2.17. The van der Waals surface area contributed by atoms with Crippen LogP contribution in [0.1, 0.15) is 27.6 Å². The largest absolute Gasteiger partial charge is 0.465 e. The van der Waals surface area contributed by atoms with Crippen LogP contribution in [-0.2, 0) is 4.74 Å². The van der Waals surface area contributed by atoms with Gasteiger partial charge in [0.25, 0.3) is 0 Å². The van der Waals surface area contributed by atoms with Gasteiger partial charge in [-0.05, 0) is 25.1 Å². The zero-order chi connectivity index (χ0) is 10.7. The molecule has 14 heavy (non-hydrogen) atoms. The van der Waals surface area contributed by atoms with Crippen molar-refractivity contribution in [3.8, 4) is 0 Å². The molecule has 1 rings (SSSR count). The molecule has 0 atom stereocenters. The molecule has 0 aliphatic heterocycles. The van der Waals surface area contributed by atoms with Crippen LogP contribution >= 0.6 is 11.6 Å². The Balaban J connectivity index is 3.19. The van der Waals surface area contributed by atoms with E-state index in [9.17, 15) is 9.59 Å². The number of hydrogen-bond acceptors (Lipinski definition) is 3. The maximum Gasteiger partial charge on any atom is 0.337 e. The summed E-state index contributed by atoms with van der Waals surface area (Å²) >= 11 is 5.77. The van der Waals surface area contributed by atoms with E-state index in [0.717, 1.165) is 0 Å². The quantitative estimate of drug-likeness (QED) is 0.558. The van der Waals surface area contributed by atoms with E-state index in [1.165, 1.54) is 32.2 Å². The van der Waals surface area contributed by atoms with Gasteiger partial charge in [-0.1, -0.05) is 11.6 Å². The van der Waals surface area contributed by atoms with Crippen molar-refractivity contribution in [2.24, 2.45) is 0 Å². The molecule has 1 aromatic rings. The highest BCUT2D eigenvalue weighted by atomic mass is 35.5. The minimum Gasteiger partial charge on any atom is -0.465 e. The van der Waals surface area contributed by atoms with Crippen LogP contribution in [0.2, 0.25) is 5.02 Å². The number of benzene rings is 1. The Bertz CT molecular complexity index is 385. The van der Waals surface area contributed by atoms with Gasteiger partial charge in [-0.25, -0.2) is 4.79 Å². The van der Waals surface area contributed by atoms with Gasteiger partial charge >= 0.3 is 5.97 Å². The summed E-state index contributed by atoms with van der Waals surface area (Å²) in [6.45, 7) is 1.39. The fourth-order valence-electron chi connectivity index (χ4n) is 1.04. The zero-order valence-corrected chi connectivity index (χ0v) is 8.59. The predicted octanol–water partition coefficient (Wildman–Crippen LogP) is 2.33. The summed E-state index contributed by atoms with van der Waals surface area (Å²) in [6, 6.07) is 4.45. The van der Waals surface area contributed by atoms with Crippen LogP contribution in [0.3, 0.4) is 0 Å². The number of methoxy groups -OCH3 is 1. The molecule has 0 spiro atoms. The van der Waals surface area contributed by atoms with E-state index in [0.29, 0.717) is 16.1 Å². The molecule has 0 unspecified atom stereocenters. The van der Waals surface area contributed by atoms with Gasteiger partial charge in [-0.3, -0.25) is 4.79 Å². The van der Waals surface area contributed by atoms with Crippen LogP contribution in [-0.4, -0.2) is 18.9 Å². The summed E-state index contributed by atoms with van der Waals surface area (Å²) in [7, 11) is 1.28. The first-order chi connectivity index (χ1) is 6.56. The van der Waals surface area contributed by atoms with Crippen molar-refractivity contribution in [2.75, 3.05) is 7.11 Å². The molecule has 0 bridgehead atoms. The molecule has 0 saturated heterocycles. The molecular formula is C10H9ClO3. The first kappa shape index (κ1) is 10.7. The molecule has 0 amide bonds. The highest BCUT2D eigenvalue weighted by Gasteiger charge is 2.11. The highest BCUT2D eigenvalue weighted by Crippen LogP contribution is 2.18. The second kappa shape index (κ2) is 4.24. The smallest absolute Gasteiger partial charge is 0.337 e. The molecule has 3 nitrogen and oxygen atoms in total. The van der Waals surface area contributed by atoms with E-state index in [2.05, 4.69) is 4.74 Å². The van der Waals surface area contributed by atoms with Crippen LogP contribution in [0.15, 0.2) is 18.2 Å². The van der Waals surface area contributed by atoms with Crippen molar-refractivity contribution in [2.45, 2.75) is 6.92 Å². The molecule has 0 aromatic heterocycles. The highest BCUT2D eigenvalue weighted by molar-refractivity contribution is 6.34. The standard InChI is InChI=1S/C10H9ClO3/c1-6(12)8-5-7(10(13)14-2)3-4-9(8)11/h3-5H,1-2H3. The van der Waals surface area contributed by atoms with E-state index in [-0.39, 0.29) is 5.78 Å². The molecule has 0 heterocycles. The fourth-order valence-corrected chi connectivity index (χ4v) is 1.29. The average molecular weight is 213 g/mol. The maximum atomic E-state index is 11.1. The molecule has 0 saturated carbocycles. The third-order valence-electron chi connectivity index (χ3n) is 1.77. The minimum absolute atomic E-state index is 0.180. The van der Waals surface area contributed by atoms with Gasteiger partial charge in [0.05, 0.1) is 17.7 Å². The van der Waals surface area contributed by atoms with Crippen molar-refractivity contribution >= 4 is 23.4 Å². The first-order valence-corrected chi connectivity index (χ1v) is 4.33. The predicted molar refractivity (Wildman–Crippen MR) is 52.8 cm³/mol. The van der Waals surface area contributed by atoms with Crippen molar-refractivity contribution in [1.82, 2.24) is 0 Å². The van der Waals surface area contributed by atoms with Gasteiger partial charge in [-0.2, -0.15) is 0 Å². The molecule has 0 N–H and O–H groups in total. The molecule has 4 heteroatoms. The van der Waals surface area contributed by atoms with Gasteiger partial charge in [0, 0.05) is 5.56 Å². The molecule has 0 aliphatic rings. The Kier molecular flexibility index (Phi) is 3.25. The van der Waals surface area contributed by atoms with Gasteiger partial charge in [0.1, 0.15) is 0 Å². The van der Waals surface area contributed by atoms with Gasteiger partial charge < -0.3 is 4.74 Å². The summed E-state index contributed by atoms with van der Waals surface area (Å²) < 4.78 is 4.52. The SMILES string of the molecule is COC(=O)c1ccc(Cl)c(C(C)=O)c1. The monoisotopic (exact) mass is 212 g/mol. The fraction of sp³-hybridized carbons (Fsp3) is 0.200. The Hall–Kier alpha value is -1.35. The van der Waals surface area contributed by atoms with E-state index in [1.807, 2.05) is 0 Å². The lowest BCUT2D eigenvalue weighted by molar-refractivity contribution is 0.0600. The summed E-state index contributed by atoms with van der Waals surface area (Å²) in [6.07, 6.45) is 0. The second-order valence-electron chi connectivity index (χ2n) is 2.74. The number of ketones is 1. The van der Waals surface area contributed by atoms with Gasteiger partial charge in [-0.15, -0.1) is 0 Å². The number of esters is 1. The number of carbonyl (C=O) groups excluding carboxylic acids is 2. The van der Waals surface area contributed by atoms with Gasteiger partial charge in [0.15, 0.2) is 5.78 Å². The van der Waals surface area contributed by atoms with Crippen molar-refractivity contribution in [3.63, 3.8) is 0 Å². The molecule has 1 aromatic carbocycles.